The minimum absolute atomic E-state index is 0.108. The molecule has 2 aromatic carbocycles. The summed E-state index contributed by atoms with van der Waals surface area (Å²) in [5, 5.41) is 22.5. The van der Waals surface area contributed by atoms with Gasteiger partial charge >= 0.3 is 0 Å². The summed E-state index contributed by atoms with van der Waals surface area (Å²) in [4.78, 5) is 22.3. The van der Waals surface area contributed by atoms with Crippen molar-refractivity contribution >= 4 is 39.3 Å². The van der Waals surface area contributed by atoms with E-state index in [2.05, 4.69) is 21.2 Å². The molecule has 2 rings (SSSR count). The van der Waals surface area contributed by atoms with Crippen LogP contribution in [0.5, 0.6) is 0 Å². The molecule has 0 spiro atoms. The molecule has 0 fully saturated rings. The van der Waals surface area contributed by atoms with Crippen molar-refractivity contribution in [3.63, 3.8) is 0 Å². The topological polar surface area (TPSA) is 96.0 Å². The Hall–Kier alpha value is -2.98. The zero-order chi connectivity index (χ0) is 16.8. The van der Waals surface area contributed by atoms with E-state index in [0.29, 0.717) is 11.3 Å². The maximum absolute atomic E-state index is 12.1. The van der Waals surface area contributed by atoms with Crippen LogP contribution in [0.2, 0.25) is 0 Å². The summed E-state index contributed by atoms with van der Waals surface area (Å²) < 4.78 is 0.788. The number of amides is 1. The van der Waals surface area contributed by atoms with Crippen molar-refractivity contribution < 1.29 is 9.72 Å². The number of nitriles is 1. The Morgan fingerprint density at radius 2 is 2.00 bits per heavy atom. The Morgan fingerprint density at radius 1 is 1.26 bits per heavy atom. The normalized spacial score (nSPS) is 10.7. The molecular weight excluding hydrogens is 362 g/mol. The van der Waals surface area contributed by atoms with Crippen LogP contribution in [-0.2, 0) is 4.79 Å². The number of rotatable bonds is 4. The fraction of sp³-hybridized carbons (Fsp3) is 0. The third-order valence-corrected chi connectivity index (χ3v) is 3.33. The number of hydrogen-bond acceptors (Lipinski definition) is 4. The molecule has 0 aliphatic carbocycles. The van der Waals surface area contributed by atoms with E-state index in [1.54, 1.807) is 36.4 Å². The van der Waals surface area contributed by atoms with Gasteiger partial charge in [0, 0.05) is 22.3 Å². The van der Waals surface area contributed by atoms with Gasteiger partial charge in [-0.15, -0.1) is 0 Å². The average molecular weight is 372 g/mol. The van der Waals surface area contributed by atoms with E-state index in [-0.39, 0.29) is 11.3 Å². The smallest absolute Gasteiger partial charge is 0.270 e. The number of benzene rings is 2. The zero-order valence-electron chi connectivity index (χ0n) is 11.7. The van der Waals surface area contributed by atoms with Crippen LogP contribution in [0.25, 0.3) is 6.08 Å². The predicted molar refractivity (Wildman–Crippen MR) is 89.5 cm³/mol. The first kappa shape index (κ1) is 16.4. The summed E-state index contributed by atoms with van der Waals surface area (Å²) in [6, 6.07) is 14.4. The number of non-ortho nitro benzene ring substituents is 1. The highest BCUT2D eigenvalue weighted by Crippen LogP contribution is 2.18. The van der Waals surface area contributed by atoms with Crippen molar-refractivity contribution in [2.24, 2.45) is 0 Å². The third-order valence-electron chi connectivity index (χ3n) is 2.84. The molecule has 0 aliphatic rings. The number of carbonyl (C=O) groups is 1. The van der Waals surface area contributed by atoms with Gasteiger partial charge in [-0.1, -0.05) is 34.1 Å². The lowest BCUT2D eigenvalue weighted by molar-refractivity contribution is -0.384. The van der Waals surface area contributed by atoms with Gasteiger partial charge in [-0.3, -0.25) is 14.9 Å². The number of carbonyl (C=O) groups excluding carboxylic acids is 1. The number of nitro benzene ring substituents is 1. The molecule has 1 amide bonds. The van der Waals surface area contributed by atoms with Gasteiger partial charge in [0.2, 0.25) is 0 Å². The van der Waals surface area contributed by atoms with Gasteiger partial charge in [-0.25, -0.2) is 0 Å². The Morgan fingerprint density at radius 3 is 2.65 bits per heavy atom. The van der Waals surface area contributed by atoms with Gasteiger partial charge in [0.25, 0.3) is 11.6 Å². The van der Waals surface area contributed by atoms with E-state index in [9.17, 15) is 14.9 Å². The maximum Gasteiger partial charge on any atom is 0.270 e. The quantitative estimate of drug-likeness (QED) is 0.381. The average Bonchev–Trinajstić information content (AvgIpc) is 2.52. The van der Waals surface area contributed by atoms with Gasteiger partial charge in [0.05, 0.1) is 4.92 Å². The molecule has 0 atom stereocenters. The number of nitrogens with one attached hydrogen (secondary N) is 1. The molecule has 0 heterocycles. The first-order chi connectivity index (χ1) is 11.0. The van der Waals surface area contributed by atoms with Crippen LogP contribution in [0.3, 0.4) is 0 Å². The number of halogens is 1. The predicted octanol–water partition coefficient (Wildman–Crippen LogP) is 3.90. The Balaban J connectivity index is 2.25. The third kappa shape index (κ3) is 4.49. The Labute approximate surface area is 140 Å². The summed E-state index contributed by atoms with van der Waals surface area (Å²) in [5.41, 5.74) is 0.679. The standard InChI is InChI=1S/C16H10BrN3O3/c17-13-4-2-5-14(9-13)19-16(21)12(10-18)7-11-3-1-6-15(8-11)20(22)23/h1-9H,(H,19,21)/b12-7-. The SMILES string of the molecule is N#C/C(=C/c1cccc([N+](=O)[O-])c1)C(=O)Nc1cccc(Br)c1. The van der Waals surface area contributed by atoms with E-state index in [4.69, 9.17) is 5.26 Å². The summed E-state index contributed by atoms with van der Waals surface area (Å²) >= 11 is 3.29. The van der Waals surface area contributed by atoms with Crippen molar-refractivity contribution in [1.29, 1.82) is 5.26 Å². The van der Waals surface area contributed by atoms with Crippen LogP contribution < -0.4 is 5.32 Å². The van der Waals surface area contributed by atoms with E-state index in [0.717, 1.165) is 4.47 Å². The van der Waals surface area contributed by atoms with Crippen LogP contribution in [-0.4, -0.2) is 10.8 Å². The van der Waals surface area contributed by atoms with Gasteiger partial charge in [-0.2, -0.15) is 5.26 Å². The molecule has 0 unspecified atom stereocenters. The molecule has 0 aromatic heterocycles. The summed E-state index contributed by atoms with van der Waals surface area (Å²) in [7, 11) is 0. The van der Waals surface area contributed by atoms with Gasteiger partial charge < -0.3 is 5.32 Å². The van der Waals surface area contributed by atoms with Crippen LogP contribution in [0.1, 0.15) is 5.56 Å². The summed E-state index contributed by atoms with van der Waals surface area (Å²) in [5.74, 6) is -0.586. The fourth-order valence-electron chi connectivity index (χ4n) is 1.81. The number of nitro groups is 1. The molecule has 0 saturated carbocycles. The highest BCUT2D eigenvalue weighted by atomic mass is 79.9. The Kier molecular flexibility index (Phi) is 5.23. The van der Waals surface area contributed by atoms with Crippen molar-refractivity contribution in [2.45, 2.75) is 0 Å². The van der Waals surface area contributed by atoms with E-state index in [1.807, 2.05) is 0 Å². The molecule has 7 heteroatoms. The van der Waals surface area contributed by atoms with Crippen molar-refractivity contribution in [2.75, 3.05) is 5.32 Å². The lowest BCUT2D eigenvalue weighted by Gasteiger charge is -2.04. The molecule has 114 valence electrons. The first-order valence-corrected chi connectivity index (χ1v) is 7.22. The fourth-order valence-corrected chi connectivity index (χ4v) is 2.21. The van der Waals surface area contributed by atoms with Crippen LogP contribution in [0.15, 0.2) is 58.6 Å². The lowest BCUT2D eigenvalue weighted by Crippen LogP contribution is -2.13. The minimum atomic E-state index is -0.586. The second kappa shape index (κ2) is 7.33. The number of anilines is 1. The summed E-state index contributed by atoms with van der Waals surface area (Å²) in [6.07, 6.45) is 1.31. The molecule has 0 bridgehead atoms. The summed E-state index contributed by atoms with van der Waals surface area (Å²) in [6.45, 7) is 0. The minimum Gasteiger partial charge on any atom is -0.321 e. The molecule has 6 nitrogen and oxygen atoms in total. The lowest BCUT2D eigenvalue weighted by atomic mass is 10.1. The first-order valence-electron chi connectivity index (χ1n) is 6.43. The highest BCUT2D eigenvalue weighted by molar-refractivity contribution is 9.10. The number of hydrogen-bond donors (Lipinski definition) is 1. The molecule has 0 saturated heterocycles. The van der Waals surface area contributed by atoms with Crippen LogP contribution >= 0.6 is 15.9 Å². The second-order valence-electron chi connectivity index (χ2n) is 4.49. The van der Waals surface area contributed by atoms with Crippen LogP contribution in [0, 0.1) is 21.4 Å². The van der Waals surface area contributed by atoms with Gasteiger partial charge in [0.1, 0.15) is 11.6 Å². The monoisotopic (exact) mass is 371 g/mol. The largest absolute Gasteiger partial charge is 0.321 e. The van der Waals surface area contributed by atoms with Crippen LogP contribution in [0.4, 0.5) is 11.4 Å². The molecule has 23 heavy (non-hydrogen) atoms. The van der Waals surface area contributed by atoms with Crippen molar-refractivity contribution in [1.82, 2.24) is 0 Å². The molecule has 0 aliphatic heterocycles. The van der Waals surface area contributed by atoms with Gasteiger partial charge in [-0.05, 0) is 29.8 Å². The Bertz CT molecular complexity index is 840. The molecule has 2 aromatic rings. The van der Waals surface area contributed by atoms with Crippen molar-refractivity contribution in [3.8, 4) is 6.07 Å². The maximum atomic E-state index is 12.1. The molecule has 1 N–H and O–H groups in total. The molecule has 0 radical (unpaired) electrons. The van der Waals surface area contributed by atoms with Crippen molar-refractivity contribution in [3.05, 3.63) is 74.3 Å². The highest BCUT2D eigenvalue weighted by Gasteiger charge is 2.11. The van der Waals surface area contributed by atoms with E-state index in [1.165, 1.54) is 24.3 Å². The van der Waals surface area contributed by atoms with E-state index < -0.39 is 10.8 Å². The molecular formula is C16H10BrN3O3. The second-order valence-corrected chi connectivity index (χ2v) is 5.40. The van der Waals surface area contributed by atoms with Gasteiger partial charge in [0.15, 0.2) is 0 Å². The van der Waals surface area contributed by atoms with E-state index >= 15 is 0 Å². The number of nitrogens with zero attached hydrogens (tertiary/aromatic N) is 2. The zero-order valence-corrected chi connectivity index (χ0v) is 13.3.